The van der Waals surface area contributed by atoms with Crippen LogP contribution in [0.1, 0.15) is 24.0 Å². The fourth-order valence-electron chi connectivity index (χ4n) is 1.65. The lowest BCUT2D eigenvalue weighted by Crippen LogP contribution is -2.28. The van der Waals surface area contributed by atoms with Crippen LogP contribution in [-0.2, 0) is 4.79 Å². The molecule has 0 bridgehead atoms. The number of carbonyl (C=O) groups excluding carboxylic acids is 1. The molecule has 3 heteroatoms. The van der Waals surface area contributed by atoms with Crippen molar-refractivity contribution in [1.82, 2.24) is 0 Å². The van der Waals surface area contributed by atoms with Gasteiger partial charge < -0.3 is 10.8 Å². The van der Waals surface area contributed by atoms with Crippen LogP contribution in [0.4, 0.5) is 0 Å². The zero-order chi connectivity index (χ0) is 11.4. The van der Waals surface area contributed by atoms with Crippen molar-refractivity contribution < 1.29 is 9.90 Å². The summed E-state index contributed by atoms with van der Waals surface area (Å²) in [4.78, 5) is 11.1. The first kappa shape index (κ1) is 11.7. The van der Waals surface area contributed by atoms with Crippen LogP contribution < -0.4 is 5.73 Å². The van der Waals surface area contributed by atoms with E-state index in [0.717, 1.165) is 11.1 Å². The number of aryl methyl sites for hydroxylation is 1. The van der Waals surface area contributed by atoms with E-state index in [0.29, 0.717) is 0 Å². The normalized spacial score (nSPS) is 14.6. The molecule has 1 unspecified atom stereocenters. The third-order valence-electron chi connectivity index (χ3n) is 2.72. The fraction of sp³-hybridized carbons (Fsp3) is 0.417. The molecule has 82 valence electrons. The van der Waals surface area contributed by atoms with E-state index in [1.54, 1.807) is 6.92 Å². The number of carbonyl (C=O) groups is 1. The lowest BCUT2D eigenvalue weighted by Gasteiger charge is -2.19. The molecule has 1 aromatic rings. The number of aliphatic hydroxyl groups is 1. The van der Waals surface area contributed by atoms with Gasteiger partial charge in [-0.3, -0.25) is 4.79 Å². The third-order valence-corrected chi connectivity index (χ3v) is 2.72. The standard InChI is InChI=1S/C12H17NO2/c1-8-4-3-5-10(6-8)11(7-14)9(2)12(13)15/h3-6,9,11,14H,7H2,1-2H3,(H2,13,15)/t9?,11-/m0/s1. The molecule has 3 N–H and O–H groups in total. The van der Waals surface area contributed by atoms with Gasteiger partial charge in [0.2, 0.25) is 5.91 Å². The second kappa shape index (κ2) is 4.94. The molecule has 2 atom stereocenters. The van der Waals surface area contributed by atoms with Crippen LogP contribution in [-0.4, -0.2) is 17.6 Å². The van der Waals surface area contributed by atoms with Crippen LogP contribution in [0, 0.1) is 12.8 Å². The van der Waals surface area contributed by atoms with Crippen LogP contribution in [0.25, 0.3) is 0 Å². The van der Waals surface area contributed by atoms with Crippen LogP contribution in [0.2, 0.25) is 0 Å². The van der Waals surface area contributed by atoms with Gasteiger partial charge in [-0.2, -0.15) is 0 Å². The van der Waals surface area contributed by atoms with E-state index in [-0.39, 0.29) is 24.3 Å². The zero-order valence-electron chi connectivity index (χ0n) is 9.10. The Kier molecular flexibility index (Phi) is 3.86. The number of nitrogens with two attached hydrogens (primary N) is 1. The Balaban J connectivity index is 2.97. The minimum Gasteiger partial charge on any atom is -0.396 e. The number of benzene rings is 1. The number of hydrogen-bond donors (Lipinski definition) is 2. The highest BCUT2D eigenvalue weighted by molar-refractivity contribution is 5.77. The quantitative estimate of drug-likeness (QED) is 0.779. The van der Waals surface area contributed by atoms with Gasteiger partial charge in [0.1, 0.15) is 0 Å². The second-order valence-corrected chi connectivity index (χ2v) is 3.89. The van der Waals surface area contributed by atoms with Gasteiger partial charge in [0.05, 0.1) is 6.61 Å². The molecule has 1 aromatic carbocycles. The maximum Gasteiger partial charge on any atom is 0.220 e. The first-order chi connectivity index (χ1) is 7.06. The van der Waals surface area contributed by atoms with Gasteiger partial charge in [-0.1, -0.05) is 36.8 Å². The van der Waals surface area contributed by atoms with Crippen molar-refractivity contribution in [2.24, 2.45) is 11.7 Å². The van der Waals surface area contributed by atoms with Crippen molar-refractivity contribution in [3.63, 3.8) is 0 Å². The number of rotatable bonds is 4. The molecule has 0 fully saturated rings. The van der Waals surface area contributed by atoms with Crippen LogP contribution in [0.15, 0.2) is 24.3 Å². The molecule has 1 rings (SSSR count). The molecule has 0 saturated carbocycles. The van der Waals surface area contributed by atoms with Crippen molar-refractivity contribution in [2.45, 2.75) is 19.8 Å². The van der Waals surface area contributed by atoms with Crippen molar-refractivity contribution in [3.05, 3.63) is 35.4 Å². The molecule has 0 radical (unpaired) electrons. The van der Waals surface area contributed by atoms with E-state index in [4.69, 9.17) is 5.73 Å². The maximum atomic E-state index is 11.1. The molecule has 0 aliphatic heterocycles. The Hall–Kier alpha value is -1.35. The van der Waals surface area contributed by atoms with E-state index in [1.807, 2.05) is 31.2 Å². The SMILES string of the molecule is Cc1cccc([C@@H](CO)C(C)C(N)=O)c1. The summed E-state index contributed by atoms with van der Waals surface area (Å²) in [5.74, 6) is -0.935. The highest BCUT2D eigenvalue weighted by Crippen LogP contribution is 2.24. The lowest BCUT2D eigenvalue weighted by molar-refractivity contribution is -0.122. The predicted molar refractivity (Wildman–Crippen MR) is 59.4 cm³/mol. The Morgan fingerprint density at radius 2 is 2.20 bits per heavy atom. The fourth-order valence-corrected chi connectivity index (χ4v) is 1.65. The third kappa shape index (κ3) is 2.80. The molecule has 0 aliphatic rings. The number of aliphatic hydroxyl groups excluding tert-OH is 1. The van der Waals surface area contributed by atoms with E-state index in [9.17, 15) is 9.90 Å². The average Bonchev–Trinajstić information content (AvgIpc) is 2.18. The van der Waals surface area contributed by atoms with Gasteiger partial charge in [0.15, 0.2) is 0 Å². The Morgan fingerprint density at radius 3 is 2.67 bits per heavy atom. The summed E-state index contributed by atoms with van der Waals surface area (Å²) in [6, 6.07) is 7.78. The summed E-state index contributed by atoms with van der Waals surface area (Å²) in [5, 5.41) is 9.28. The summed E-state index contributed by atoms with van der Waals surface area (Å²) in [7, 11) is 0. The first-order valence-corrected chi connectivity index (χ1v) is 5.03. The molecule has 0 aliphatic carbocycles. The summed E-state index contributed by atoms with van der Waals surface area (Å²) in [6.07, 6.45) is 0. The highest BCUT2D eigenvalue weighted by Gasteiger charge is 2.22. The van der Waals surface area contributed by atoms with Crippen molar-refractivity contribution in [2.75, 3.05) is 6.61 Å². The molecular weight excluding hydrogens is 190 g/mol. The lowest BCUT2D eigenvalue weighted by atomic mass is 9.87. The number of amides is 1. The molecule has 0 aromatic heterocycles. The van der Waals surface area contributed by atoms with Crippen molar-refractivity contribution in [1.29, 1.82) is 0 Å². The number of primary amides is 1. The molecule has 1 amide bonds. The Bertz CT molecular complexity index is 349. The highest BCUT2D eigenvalue weighted by atomic mass is 16.3. The van der Waals surface area contributed by atoms with Crippen LogP contribution in [0.5, 0.6) is 0 Å². The van der Waals surface area contributed by atoms with E-state index in [1.165, 1.54) is 0 Å². The number of hydrogen-bond acceptors (Lipinski definition) is 2. The molecule has 0 heterocycles. The summed E-state index contributed by atoms with van der Waals surface area (Å²) in [5.41, 5.74) is 7.31. The Labute approximate surface area is 89.9 Å². The van der Waals surface area contributed by atoms with Crippen LogP contribution in [0.3, 0.4) is 0 Å². The van der Waals surface area contributed by atoms with Crippen LogP contribution >= 0.6 is 0 Å². The minimum absolute atomic E-state index is 0.0619. The molecule has 0 spiro atoms. The van der Waals surface area contributed by atoms with Gasteiger partial charge in [-0.25, -0.2) is 0 Å². The van der Waals surface area contributed by atoms with E-state index < -0.39 is 0 Å². The van der Waals surface area contributed by atoms with Crippen molar-refractivity contribution >= 4 is 5.91 Å². The summed E-state index contributed by atoms with van der Waals surface area (Å²) in [6.45, 7) is 3.66. The average molecular weight is 207 g/mol. The smallest absolute Gasteiger partial charge is 0.220 e. The molecule has 3 nitrogen and oxygen atoms in total. The largest absolute Gasteiger partial charge is 0.396 e. The molecule has 15 heavy (non-hydrogen) atoms. The van der Waals surface area contributed by atoms with Gasteiger partial charge in [0, 0.05) is 11.8 Å². The topological polar surface area (TPSA) is 63.3 Å². The summed E-state index contributed by atoms with van der Waals surface area (Å²) < 4.78 is 0. The monoisotopic (exact) mass is 207 g/mol. The van der Waals surface area contributed by atoms with Gasteiger partial charge in [-0.15, -0.1) is 0 Å². The zero-order valence-corrected chi connectivity index (χ0v) is 9.10. The first-order valence-electron chi connectivity index (χ1n) is 5.03. The second-order valence-electron chi connectivity index (χ2n) is 3.89. The van der Waals surface area contributed by atoms with E-state index >= 15 is 0 Å². The van der Waals surface area contributed by atoms with Crippen molar-refractivity contribution in [3.8, 4) is 0 Å². The van der Waals surface area contributed by atoms with Gasteiger partial charge in [-0.05, 0) is 12.5 Å². The van der Waals surface area contributed by atoms with Gasteiger partial charge >= 0.3 is 0 Å². The molecular formula is C12H17NO2. The minimum atomic E-state index is -0.379. The predicted octanol–water partition coefficient (Wildman–Crippen LogP) is 1.19. The molecule has 0 saturated heterocycles. The Morgan fingerprint density at radius 1 is 1.53 bits per heavy atom. The van der Waals surface area contributed by atoms with Gasteiger partial charge in [0.25, 0.3) is 0 Å². The maximum absolute atomic E-state index is 11.1. The van der Waals surface area contributed by atoms with E-state index in [2.05, 4.69) is 0 Å². The summed E-state index contributed by atoms with van der Waals surface area (Å²) >= 11 is 0.